The standard InChI is InChI=1S/C23H25FN4O2/c24-19-3-5-21(6-4-19)28-14-17-2-1-16(11-18(17)15-28)12-20(13-25)27-22(29)23(26)7-9-30-10-8-23/h1-6,11,20H,7-10,12,14-15,26H2,(H,27,29). The molecule has 0 aromatic heterocycles. The van der Waals surface area contributed by atoms with E-state index < -0.39 is 11.6 Å². The van der Waals surface area contributed by atoms with Gasteiger partial charge in [-0.25, -0.2) is 4.39 Å². The monoisotopic (exact) mass is 408 g/mol. The maximum atomic E-state index is 13.2. The highest BCUT2D eigenvalue weighted by atomic mass is 19.1. The predicted molar refractivity (Wildman–Crippen MR) is 111 cm³/mol. The second-order valence-corrected chi connectivity index (χ2v) is 8.06. The molecule has 0 saturated carbocycles. The molecule has 0 aliphatic carbocycles. The third-order valence-electron chi connectivity index (χ3n) is 5.92. The molecule has 2 heterocycles. The van der Waals surface area contributed by atoms with E-state index in [2.05, 4.69) is 28.4 Å². The molecule has 2 aliphatic rings. The predicted octanol–water partition coefficient (Wildman–Crippen LogP) is 2.40. The van der Waals surface area contributed by atoms with Gasteiger partial charge in [-0.3, -0.25) is 4.79 Å². The van der Waals surface area contributed by atoms with Crippen LogP contribution in [0.2, 0.25) is 0 Å². The smallest absolute Gasteiger partial charge is 0.241 e. The molecule has 2 aliphatic heterocycles. The van der Waals surface area contributed by atoms with Crippen molar-refractivity contribution in [3.8, 4) is 6.07 Å². The van der Waals surface area contributed by atoms with Gasteiger partial charge in [-0.1, -0.05) is 18.2 Å². The van der Waals surface area contributed by atoms with Crippen LogP contribution in [0.25, 0.3) is 0 Å². The lowest BCUT2D eigenvalue weighted by atomic mass is 9.90. The first-order valence-corrected chi connectivity index (χ1v) is 10.2. The van der Waals surface area contributed by atoms with Crippen molar-refractivity contribution in [2.45, 2.75) is 43.9 Å². The van der Waals surface area contributed by atoms with Crippen LogP contribution in [-0.4, -0.2) is 30.7 Å². The van der Waals surface area contributed by atoms with E-state index in [1.54, 1.807) is 12.1 Å². The maximum absolute atomic E-state index is 13.2. The van der Waals surface area contributed by atoms with E-state index in [4.69, 9.17) is 10.5 Å². The zero-order valence-corrected chi connectivity index (χ0v) is 16.7. The number of nitrogens with one attached hydrogen (secondary N) is 1. The minimum Gasteiger partial charge on any atom is -0.381 e. The molecule has 1 fully saturated rings. The van der Waals surface area contributed by atoms with Gasteiger partial charge in [0.1, 0.15) is 11.9 Å². The molecule has 156 valence electrons. The number of nitrogens with two attached hydrogens (primary N) is 1. The Morgan fingerprint density at radius 3 is 2.60 bits per heavy atom. The Morgan fingerprint density at radius 1 is 1.20 bits per heavy atom. The Balaban J connectivity index is 1.41. The molecule has 0 radical (unpaired) electrons. The molecule has 0 spiro atoms. The molecular formula is C23H25FN4O2. The summed E-state index contributed by atoms with van der Waals surface area (Å²) in [6, 6.07) is 14.2. The highest BCUT2D eigenvalue weighted by Crippen LogP contribution is 2.29. The lowest BCUT2D eigenvalue weighted by Gasteiger charge is -2.32. The van der Waals surface area contributed by atoms with Crippen molar-refractivity contribution in [1.29, 1.82) is 5.26 Å². The van der Waals surface area contributed by atoms with Crippen molar-refractivity contribution in [3.05, 3.63) is 65.0 Å². The summed E-state index contributed by atoms with van der Waals surface area (Å²) < 4.78 is 18.5. The van der Waals surface area contributed by atoms with Crippen LogP contribution in [-0.2, 0) is 29.0 Å². The van der Waals surface area contributed by atoms with Crippen LogP contribution in [0, 0.1) is 17.1 Å². The minimum atomic E-state index is -0.971. The molecule has 6 nitrogen and oxygen atoms in total. The van der Waals surface area contributed by atoms with Gasteiger partial charge in [-0.05, 0) is 53.8 Å². The van der Waals surface area contributed by atoms with Gasteiger partial charge in [0.25, 0.3) is 0 Å². The average molecular weight is 408 g/mol. The first-order chi connectivity index (χ1) is 14.5. The van der Waals surface area contributed by atoms with Gasteiger partial charge >= 0.3 is 0 Å². The summed E-state index contributed by atoms with van der Waals surface area (Å²) in [7, 11) is 0. The van der Waals surface area contributed by atoms with Gasteiger partial charge in [0.2, 0.25) is 5.91 Å². The van der Waals surface area contributed by atoms with Crippen LogP contribution in [0.5, 0.6) is 0 Å². The highest BCUT2D eigenvalue weighted by molar-refractivity contribution is 5.86. The van der Waals surface area contributed by atoms with Crippen molar-refractivity contribution in [2.24, 2.45) is 5.73 Å². The average Bonchev–Trinajstić information content (AvgIpc) is 3.17. The first kappa shape index (κ1) is 20.3. The molecule has 3 N–H and O–H groups in total. The number of carbonyl (C=O) groups excluding carboxylic acids is 1. The Labute approximate surface area is 175 Å². The van der Waals surface area contributed by atoms with E-state index in [9.17, 15) is 14.4 Å². The number of ether oxygens (including phenoxy) is 1. The van der Waals surface area contributed by atoms with Crippen LogP contribution in [0.1, 0.15) is 29.5 Å². The summed E-state index contributed by atoms with van der Waals surface area (Å²) in [6.45, 7) is 2.40. The Hall–Kier alpha value is -2.95. The van der Waals surface area contributed by atoms with E-state index in [1.165, 1.54) is 23.3 Å². The highest BCUT2D eigenvalue weighted by Gasteiger charge is 2.36. The minimum absolute atomic E-state index is 0.248. The number of nitrogens with zero attached hydrogens (tertiary/aromatic N) is 2. The number of nitriles is 1. The van der Waals surface area contributed by atoms with Crippen molar-refractivity contribution < 1.29 is 13.9 Å². The Bertz CT molecular complexity index is 964. The van der Waals surface area contributed by atoms with Crippen molar-refractivity contribution in [2.75, 3.05) is 18.1 Å². The molecule has 4 rings (SSSR count). The van der Waals surface area contributed by atoms with Gasteiger partial charge < -0.3 is 20.7 Å². The fourth-order valence-electron chi connectivity index (χ4n) is 4.04. The van der Waals surface area contributed by atoms with E-state index in [-0.39, 0.29) is 11.7 Å². The zero-order valence-electron chi connectivity index (χ0n) is 16.7. The number of hydrogen-bond acceptors (Lipinski definition) is 5. The summed E-state index contributed by atoms with van der Waals surface area (Å²) in [5.41, 5.74) is 9.60. The van der Waals surface area contributed by atoms with E-state index in [1.807, 2.05) is 6.07 Å². The summed E-state index contributed by atoms with van der Waals surface area (Å²) in [5.74, 6) is -0.539. The lowest BCUT2D eigenvalue weighted by molar-refractivity contribution is -0.130. The van der Waals surface area contributed by atoms with Gasteiger partial charge in [0, 0.05) is 38.4 Å². The quantitative estimate of drug-likeness (QED) is 0.793. The second-order valence-electron chi connectivity index (χ2n) is 8.06. The SMILES string of the molecule is N#CC(Cc1ccc2c(c1)CN(c1ccc(F)cc1)C2)NC(=O)C1(N)CCOCC1. The molecule has 1 saturated heterocycles. The van der Waals surface area contributed by atoms with E-state index in [0.717, 1.165) is 24.3 Å². The van der Waals surface area contributed by atoms with Gasteiger partial charge in [-0.2, -0.15) is 5.26 Å². The second kappa shape index (κ2) is 8.42. The first-order valence-electron chi connectivity index (χ1n) is 10.2. The zero-order chi connectivity index (χ0) is 21.1. The van der Waals surface area contributed by atoms with Crippen LogP contribution >= 0.6 is 0 Å². The van der Waals surface area contributed by atoms with Crippen molar-refractivity contribution in [1.82, 2.24) is 5.32 Å². The largest absolute Gasteiger partial charge is 0.381 e. The third kappa shape index (κ3) is 4.30. The van der Waals surface area contributed by atoms with Gasteiger partial charge in [0.05, 0.1) is 11.6 Å². The maximum Gasteiger partial charge on any atom is 0.241 e. The van der Waals surface area contributed by atoms with Crippen molar-refractivity contribution in [3.63, 3.8) is 0 Å². The Morgan fingerprint density at radius 2 is 1.90 bits per heavy atom. The number of hydrogen-bond donors (Lipinski definition) is 2. The van der Waals surface area contributed by atoms with Crippen LogP contribution < -0.4 is 16.0 Å². The van der Waals surface area contributed by atoms with Crippen LogP contribution in [0.15, 0.2) is 42.5 Å². The molecule has 1 atom stereocenters. The third-order valence-corrected chi connectivity index (χ3v) is 5.92. The number of halogens is 1. The molecule has 7 heteroatoms. The molecule has 1 unspecified atom stereocenters. The molecule has 2 aromatic rings. The normalized spacial score (nSPS) is 18.4. The summed E-state index contributed by atoms with van der Waals surface area (Å²) in [5, 5.41) is 12.4. The number of benzene rings is 2. The van der Waals surface area contributed by atoms with Gasteiger partial charge in [0.15, 0.2) is 0 Å². The summed E-state index contributed by atoms with van der Waals surface area (Å²) in [6.07, 6.45) is 1.32. The number of anilines is 1. The number of carbonyl (C=O) groups is 1. The van der Waals surface area contributed by atoms with E-state index >= 15 is 0 Å². The summed E-state index contributed by atoms with van der Waals surface area (Å²) in [4.78, 5) is 14.8. The molecule has 2 aromatic carbocycles. The summed E-state index contributed by atoms with van der Waals surface area (Å²) >= 11 is 0. The number of fused-ring (bicyclic) bond motifs is 1. The van der Waals surface area contributed by atoms with Gasteiger partial charge in [-0.15, -0.1) is 0 Å². The van der Waals surface area contributed by atoms with Crippen LogP contribution in [0.3, 0.4) is 0 Å². The topological polar surface area (TPSA) is 91.4 Å². The fraction of sp³-hybridized carbons (Fsp3) is 0.391. The molecule has 0 bridgehead atoms. The molecule has 1 amide bonds. The Kier molecular flexibility index (Phi) is 5.71. The van der Waals surface area contributed by atoms with Crippen LogP contribution in [0.4, 0.5) is 10.1 Å². The lowest BCUT2D eigenvalue weighted by Crippen LogP contribution is -2.58. The fourth-order valence-corrected chi connectivity index (χ4v) is 4.04. The van der Waals surface area contributed by atoms with Crippen molar-refractivity contribution >= 4 is 11.6 Å². The number of amides is 1. The van der Waals surface area contributed by atoms with E-state index in [0.29, 0.717) is 32.5 Å². The molecular weight excluding hydrogens is 383 g/mol. The number of rotatable bonds is 5. The molecule has 30 heavy (non-hydrogen) atoms.